The number of benzene rings is 1. The fourth-order valence-electron chi connectivity index (χ4n) is 2.97. The molecule has 5 heteroatoms. The largest absolute Gasteiger partial charge is 0.462 e. The van der Waals surface area contributed by atoms with Gasteiger partial charge in [-0.2, -0.15) is 0 Å². The van der Waals surface area contributed by atoms with Crippen LogP contribution in [0.2, 0.25) is 0 Å². The lowest BCUT2D eigenvalue weighted by molar-refractivity contribution is 0.0644. The first kappa shape index (κ1) is 14.5. The lowest BCUT2D eigenvalue weighted by Gasteiger charge is -2.36. The molecule has 1 aliphatic heterocycles. The van der Waals surface area contributed by atoms with E-state index in [2.05, 4.69) is 10.3 Å². The summed E-state index contributed by atoms with van der Waals surface area (Å²) in [5.74, 6) is 1.52. The summed E-state index contributed by atoms with van der Waals surface area (Å²) in [7, 11) is 0. The van der Waals surface area contributed by atoms with E-state index in [1.54, 1.807) is 17.3 Å². The van der Waals surface area contributed by atoms with Gasteiger partial charge >= 0.3 is 0 Å². The van der Waals surface area contributed by atoms with Crippen molar-refractivity contribution in [2.24, 2.45) is 0 Å². The molecule has 0 saturated heterocycles. The van der Waals surface area contributed by atoms with E-state index < -0.39 is 0 Å². The van der Waals surface area contributed by atoms with Crippen molar-refractivity contribution in [3.8, 4) is 0 Å². The summed E-state index contributed by atoms with van der Waals surface area (Å²) in [5, 5.41) is 3.42. The number of aryl methyl sites for hydroxylation is 1. The predicted molar refractivity (Wildman–Crippen MR) is 90.4 cm³/mol. The number of nitrogens with zero attached hydrogens (tertiary/aromatic N) is 2. The Morgan fingerprint density at radius 1 is 1.17 bits per heavy atom. The van der Waals surface area contributed by atoms with E-state index in [1.807, 2.05) is 55.5 Å². The predicted octanol–water partition coefficient (Wildman–Crippen LogP) is 3.75. The number of carbonyl (C=O) groups is 1. The van der Waals surface area contributed by atoms with Gasteiger partial charge in [-0.25, -0.2) is 0 Å². The zero-order chi connectivity index (χ0) is 16.5. The molecule has 0 bridgehead atoms. The van der Waals surface area contributed by atoms with E-state index in [9.17, 15) is 4.79 Å². The number of anilines is 1. The molecular weight excluding hydrogens is 302 g/mol. The lowest BCUT2D eigenvalue weighted by Crippen LogP contribution is -2.42. The molecule has 0 spiro atoms. The molecule has 0 radical (unpaired) electrons. The van der Waals surface area contributed by atoms with Crippen molar-refractivity contribution < 1.29 is 9.21 Å². The van der Waals surface area contributed by atoms with Gasteiger partial charge in [0, 0.05) is 24.6 Å². The molecule has 1 amide bonds. The summed E-state index contributed by atoms with van der Waals surface area (Å²) in [5.41, 5.74) is 2.46. The maximum Gasteiger partial charge on any atom is 0.258 e. The topological polar surface area (TPSA) is 58.4 Å². The van der Waals surface area contributed by atoms with Crippen molar-refractivity contribution in [1.29, 1.82) is 0 Å². The number of hydrogen-bond acceptors (Lipinski definition) is 4. The van der Waals surface area contributed by atoms with Gasteiger partial charge in [0.2, 0.25) is 0 Å². The summed E-state index contributed by atoms with van der Waals surface area (Å²) in [6, 6.07) is 15.2. The molecule has 1 atom stereocenters. The highest BCUT2D eigenvalue weighted by Gasteiger charge is 2.34. The van der Waals surface area contributed by atoms with Crippen molar-refractivity contribution in [3.05, 3.63) is 83.6 Å². The molecular formula is C19H17N3O2. The fourth-order valence-corrected chi connectivity index (χ4v) is 2.97. The summed E-state index contributed by atoms with van der Waals surface area (Å²) >= 11 is 0. The second kappa shape index (κ2) is 5.85. The maximum absolute atomic E-state index is 13.0. The van der Waals surface area contributed by atoms with E-state index >= 15 is 0 Å². The van der Waals surface area contributed by atoms with Gasteiger partial charge in [-0.15, -0.1) is 0 Å². The normalized spacial score (nSPS) is 16.6. The Kier molecular flexibility index (Phi) is 3.54. The zero-order valence-electron chi connectivity index (χ0n) is 13.3. The number of fused-ring (bicyclic) bond motifs is 1. The van der Waals surface area contributed by atoms with Crippen LogP contribution < -0.4 is 5.32 Å². The van der Waals surface area contributed by atoms with Crippen molar-refractivity contribution in [3.63, 3.8) is 0 Å². The minimum absolute atomic E-state index is 0.0211. The van der Waals surface area contributed by atoms with Gasteiger partial charge in [-0.05, 0) is 42.8 Å². The number of aromatic nitrogens is 1. The zero-order valence-corrected chi connectivity index (χ0v) is 13.3. The van der Waals surface area contributed by atoms with Crippen LogP contribution >= 0.6 is 0 Å². The lowest BCUT2D eigenvalue weighted by atomic mass is 10.1. The number of pyridine rings is 1. The van der Waals surface area contributed by atoms with E-state index in [4.69, 9.17) is 4.42 Å². The third-order valence-corrected chi connectivity index (χ3v) is 4.13. The van der Waals surface area contributed by atoms with E-state index in [-0.39, 0.29) is 12.1 Å². The van der Waals surface area contributed by atoms with Crippen molar-refractivity contribution >= 4 is 11.6 Å². The first-order valence-electron chi connectivity index (χ1n) is 7.84. The van der Waals surface area contributed by atoms with Crippen LogP contribution in [-0.4, -0.2) is 15.8 Å². The minimum atomic E-state index is -0.346. The van der Waals surface area contributed by atoms with E-state index in [0.717, 1.165) is 22.8 Å². The standard InChI is InChI=1S/C19H17N3O2/c1-13-8-9-17(24-13)18-21-16-7-3-2-6-15(16)19(23)22(18)12-14-5-4-10-20-11-14/h2-11,18,21H,12H2,1H3/t18-/m0/s1. The molecule has 0 aliphatic carbocycles. The van der Waals surface area contributed by atoms with Crippen LogP contribution in [0.5, 0.6) is 0 Å². The Hall–Kier alpha value is -3.08. The van der Waals surface area contributed by atoms with E-state index in [1.165, 1.54) is 0 Å². The number of hydrogen-bond donors (Lipinski definition) is 1. The van der Waals surface area contributed by atoms with Gasteiger partial charge in [-0.3, -0.25) is 9.78 Å². The maximum atomic E-state index is 13.0. The molecule has 5 nitrogen and oxygen atoms in total. The number of carbonyl (C=O) groups excluding carboxylic acids is 1. The highest BCUT2D eigenvalue weighted by molar-refractivity contribution is 6.01. The smallest absolute Gasteiger partial charge is 0.258 e. The molecule has 120 valence electrons. The molecule has 0 unspecified atom stereocenters. The van der Waals surface area contributed by atoms with Gasteiger partial charge in [-0.1, -0.05) is 18.2 Å². The minimum Gasteiger partial charge on any atom is -0.462 e. The SMILES string of the molecule is Cc1ccc([C@H]2Nc3ccccc3C(=O)N2Cc2cccnc2)o1. The van der Waals surface area contributed by atoms with Gasteiger partial charge in [0.15, 0.2) is 6.17 Å². The Morgan fingerprint density at radius 3 is 2.79 bits per heavy atom. The molecule has 1 aliphatic rings. The highest BCUT2D eigenvalue weighted by Crippen LogP contribution is 2.34. The molecule has 0 saturated carbocycles. The number of rotatable bonds is 3. The highest BCUT2D eigenvalue weighted by atomic mass is 16.3. The molecule has 0 fully saturated rings. The second-order valence-electron chi connectivity index (χ2n) is 5.84. The molecule has 4 rings (SSSR count). The number of furan rings is 1. The van der Waals surface area contributed by atoms with Crippen LogP contribution in [0.3, 0.4) is 0 Å². The number of nitrogens with one attached hydrogen (secondary N) is 1. The van der Waals surface area contributed by atoms with Gasteiger partial charge in [0.05, 0.1) is 5.56 Å². The van der Waals surface area contributed by atoms with Crippen LogP contribution in [0.15, 0.2) is 65.3 Å². The van der Waals surface area contributed by atoms with Crippen molar-refractivity contribution in [1.82, 2.24) is 9.88 Å². The summed E-state index contributed by atoms with van der Waals surface area (Å²) in [6.07, 6.45) is 3.15. The fraction of sp³-hybridized carbons (Fsp3) is 0.158. The molecule has 1 N–H and O–H groups in total. The quantitative estimate of drug-likeness (QED) is 0.799. The Balaban J connectivity index is 1.75. The third-order valence-electron chi connectivity index (χ3n) is 4.13. The van der Waals surface area contributed by atoms with Gasteiger partial charge in [0.1, 0.15) is 11.5 Å². The average molecular weight is 319 g/mol. The Labute approximate surface area is 139 Å². The summed E-state index contributed by atoms with van der Waals surface area (Å²) in [4.78, 5) is 19.0. The molecule has 1 aromatic carbocycles. The summed E-state index contributed by atoms with van der Waals surface area (Å²) in [6.45, 7) is 2.35. The van der Waals surface area contributed by atoms with Gasteiger partial charge < -0.3 is 14.6 Å². The van der Waals surface area contributed by atoms with Crippen LogP contribution in [0.4, 0.5) is 5.69 Å². The van der Waals surface area contributed by atoms with Crippen molar-refractivity contribution in [2.45, 2.75) is 19.6 Å². The molecule has 24 heavy (non-hydrogen) atoms. The Morgan fingerprint density at radius 2 is 2.04 bits per heavy atom. The second-order valence-corrected chi connectivity index (χ2v) is 5.84. The first-order chi connectivity index (χ1) is 11.7. The van der Waals surface area contributed by atoms with Crippen LogP contribution in [0, 0.1) is 6.92 Å². The van der Waals surface area contributed by atoms with Crippen LogP contribution in [0.1, 0.15) is 33.6 Å². The third kappa shape index (κ3) is 2.54. The van der Waals surface area contributed by atoms with E-state index in [0.29, 0.717) is 12.1 Å². The molecule has 3 aromatic rings. The van der Waals surface area contributed by atoms with Crippen molar-refractivity contribution in [2.75, 3.05) is 5.32 Å². The van der Waals surface area contributed by atoms with Crippen LogP contribution in [0.25, 0.3) is 0 Å². The monoisotopic (exact) mass is 319 g/mol. The van der Waals surface area contributed by atoms with Crippen LogP contribution in [-0.2, 0) is 6.54 Å². The number of para-hydroxylation sites is 1. The first-order valence-corrected chi connectivity index (χ1v) is 7.84. The average Bonchev–Trinajstić information content (AvgIpc) is 3.04. The molecule has 3 heterocycles. The number of amides is 1. The molecule has 2 aromatic heterocycles. The summed E-state index contributed by atoms with van der Waals surface area (Å²) < 4.78 is 5.78. The van der Waals surface area contributed by atoms with Gasteiger partial charge in [0.25, 0.3) is 5.91 Å². The Bertz CT molecular complexity index is 873.